The number of carboxylic acid groups (broad SMARTS) is 1. The number of ether oxygens (including phenoxy) is 1. The summed E-state index contributed by atoms with van der Waals surface area (Å²) in [5.74, 6) is -4.17. The third kappa shape index (κ3) is 9.48. The van der Waals surface area contributed by atoms with Crippen LogP contribution in [0, 0.1) is 11.6 Å². The Labute approximate surface area is 297 Å². The number of hydrogen-bond acceptors (Lipinski definition) is 8. The lowest BCUT2D eigenvalue weighted by Gasteiger charge is -2.47. The number of carboxylic acids is 1. The highest BCUT2D eigenvalue weighted by Gasteiger charge is 2.49. The lowest BCUT2D eigenvalue weighted by Crippen LogP contribution is -2.57. The van der Waals surface area contributed by atoms with Gasteiger partial charge in [0.25, 0.3) is 5.91 Å². The first-order valence-electron chi connectivity index (χ1n) is 16.3. The van der Waals surface area contributed by atoms with Crippen molar-refractivity contribution in [2.45, 2.75) is 35.9 Å². The SMILES string of the molecule is [2H]N(C(=O)COc1ccc([C@@H]2[C@@H](SCC(O)c3ccc(F)cc3)C(=O)N2c2ccc(F)cc2)cc1)[C@H](CO)C(=O)N[C@@H](Cc1ccccc1)C(=O)O. The lowest BCUT2D eigenvalue weighted by atomic mass is 9.92. The van der Waals surface area contributed by atoms with Gasteiger partial charge in [0.2, 0.25) is 11.8 Å². The molecule has 0 saturated carbocycles. The van der Waals surface area contributed by atoms with E-state index in [1.54, 1.807) is 42.5 Å². The minimum atomic E-state index is -1.71. The molecule has 1 saturated heterocycles. The van der Waals surface area contributed by atoms with Gasteiger partial charge in [0, 0.05) is 17.9 Å². The highest BCUT2D eigenvalue weighted by Crippen LogP contribution is 2.46. The number of anilines is 1. The van der Waals surface area contributed by atoms with E-state index in [1.807, 2.05) is 0 Å². The first-order chi connectivity index (χ1) is 25.0. The maximum Gasteiger partial charge on any atom is 0.326 e. The van der Waals surface area contributed by atoms with Crippen molar-refractivity contribution in [1.29, 1.82) is 0 Å². The molecule has 1 aliphatic heterocycles. The van der Waals surface area contributed by atoms with Crippen LogP contribution in [-0.2, 0) is 25.6 Å². The Morgan fingerprint density at radius 3 is 2.14 bits per heavy atom. The first-order valence-corrected chi connectivity index (χ1v) is 16.9. The number of aliphatic carboxylic acids is 1. The number of halogens is 2. The van der Waals surface area contributed by atoms with Crippen molar-refractivity contribution in [3.05, 3.63) is 131 Å². The number of benzene rings is 4. The number of carbonyl (C=O) groups excluding carboxylic acids is 3. The molecule has 1 fully saturated rings. The number of β-lactam (4-membered cyclic amide) rings is 1. The molecule has 1 heterocycles. The van der Waals surface area contributed by atoms with E-state index in [0.717, 1.165) is 0 Å². The van der Waals surface area contributed by atoms with Gasteiger partial charge in [-0.05, 0) is 65.2 Å². The van der Waals surface area contributed by atoms with E-state index in [4.69, 9.17) is 6.15 Å². The number of thioether (sulfide) groups is 1. The number of amides is 3. The van der Waals surface area contributed by atoms with Gasteiger partial charge in [-0.2, -0.15) is 0 Å². The van der Waals surface area contributed by atoms with Crippen LogP contribution in [0.3, 0.4) is 0 Å². The molecular formula is C37H35F2N3O8S. The first kappa shape index (κ1) is 35.5. The van der Waals surface area contributed by atoms with Crippen molar-refractivity contribution in [1.82, 2.24) is 10.6 Å². The van der Waals surface area contributed by atoms with Crippen LogP contribution in [0.25, 0.3) is 0 Å². The summed E-state index contributed by atoms with van der Waals surface area (Å²) in [6.45, 7) is -1.64. The van der Waals surface area contributed by atoms with Crippen molar-refractivity contribution in [3.63, 3.8) is 0 Å². The minimum absolute atomic E-state index is 0.0564. The van der Waals surface area contributed by atoms with Crippen LogP contribution >= 0.6 is 11.8 Å². The van der Waals surface area contributed by atoms with Crippen molar-refractivity contribution in [2.24, 2.45) is 0 Å². The van der Waals surface area contributed by atoms with E-state index in [-0.39, 0.29) is 29.1 Å². The fourth-order valence-corrected chi connectivity index (χ4v) is 6.73. The summed E-state index contributed by atoms with van der Waals surface area (Å²) in [5.41, 5.74) is 2.26. The van der Waals surface area contributed by atoms with Gasteiger partial charge in [0.15, 0.2) is 8.02 Å². The van der Waals surface area contributed by atoms with Crippen LogP contribution in [0.4, 0.5) is 14.5 Å². The Morgan fingerprint density at radius 1 is 0.902 bits per heavy atom. The number of hydrogen-bond donors (Lipinski definition) is 5. The zero-order chi connectivity index (χ0) is 37.4. The molecule has 1 unspecified atom stereocenters. The highest BCUT2D eigenvalue weighted by atomic mass is 32.2. The Balaban J connectivity index is 1.22. The molecule has 0 aliphatic carbocycles. The van der Waals surface area contributed by atoms with E-state index in [1.165, 1.54) is 77.3 Å². The smallest absolute Gasteiger partial charge is 0.326 e. The number of nitrogens with zero attached hydrogens (tertiary/aromatic N) is 1. The number of aliphatic hydroxyl groups excluding tert-OH is 2. The Morgan fingerprint density at radius 2 is 1.53 bits per heavy atom. The summed E-state index contributed by atoms with van der Waals surface area (Å²) >= 11 is 1.22. The molecule has 0 aromatic heterocycles. The third-order valence-electron chi connectivity index (χ3n) is 8.10. The standard InChI is InChI=1S/C37H35F2N3O8S/c38-25-10-6-23(7-11-25)31(44)21-51-34-33(42(36(34)47)27-14-12-26(39)13-15-27)24-8-16-28(17-9-24)50-20-32(45)40-30(19-43)35(46)41-29(37(48)49)18-22-4-2-1-3-5-22/h1-17,29-31,33-34,43-44H,18-21H2,(H,40,45)(H,41,46)(H,48,49)/t29-,30+,31?,33+,34+/m0/s1/i/hD. The van der Waals surface area contributed by atoms with Crippen molar-refractivity contribution in [2.75, 3.05) is 23.9 Å². The Bertz CT molecular complexity index is 1860. The number of rotatable bonds is 16. The Hall–Kier alpha value is -5.31. The van der Waals surface area contributed by atoms with Crippen LogP contribution in [-0.4, -0.2) is 75.3 Å². The van der Waals surface area contributed by atoms with E-state index in [2.05, 4.69) is 5.32 Å². The molecular weight excluding hydrogens is 684 g/mol. The molecule has 4 aromatic rings. The van der Waals surface area contributed by atoms with Gasteiger partial charge in [-0.3, -0.25) is 14.4 Å². The summed E-state index contributed by atoms with van der Waals surface area (Å²) in [6, 6.07) is 22.2. The van der Waals surface area contributed by atoms with Gasteiger partial charge in [-0.1, -0.05) is 54.6 Å². The van der Waals surface area contributed by atoms with E-state index >= 15 is 0 Å². The van der Waals surface area contributed by atoms with Gasteiger partial charge < -0.3 is 35.6 Å². The van der Waals surface area contributed by atoms with E-state index in [9.17, 15) is 43.3 Å². The molecule has 0 radical (unpaired) electrons. The van der Waals surface area contributed by atoms with Gasteiger partial charge in [0.1, 0.15) is 34.7 Å². The summed E-state index contributed by atoms with van der Waals surface area (Å²) in [6.07, 6.45) is -1.02. The molecule has 5 atom stereocenters. The van der Waals surface area contributed by atoms with Crippen molar-refractivity contribution >= 4 is 41.1 Å². The second-order valence-electron chi connectivity index (χ2n) is 11.6. The molecule has 266 valence electrons. The van der Waals surface area contributed by atoms with Crippen LogP contribution < -0.4 is 20.3 Å². The zero-order valence-corrected chi connectivity index (χ0v) is 27.8. The molecule has 5 rings (SSSR count). The summed E-state index contributed by atoms with van der Waals surface area (Å²) < 4.78 is 40.7. The normalized spacial score (nSPS) is 17.4. The second-order valence-corrected chi connectivity index (χ2v) is 12.8. The monoisotopic (exact) mass is 720 g/mol. The number of carbonyl (C=O) groups is 4. The average Bonchev–Trinajstić information content (AvgIpc) is 3.14. The predicted octanol–water partition coefficient (Wildman–Crippen LogP) is 3.56. The van der Waals surface area contributed by atoms with Crippen LogP contribution in [0.5, 0.6) is 5.75 Å². The van der Waals surface area contributed by atoms with Crippen LogP contribution in [0.1, 0.15) is 28.8 Å². The van der Waals surface area contributed by atoms with Gasteiger partial charge in [-0.15, -0.1) is 11.8 Å². The molecule has 0 spiro atoms. The second kappa shape index (κ2) is 17.1. The summed E-state index contributed by atoms with van der Waals surface area (Å²) in [5, 5.41) is 32.0. The molecule has 51 heavy (non-hydrogen) atoms. The minimum Gasteiger partial charge on any atom is -0.484 e. The molecule has 4 aromatic carbocycles. The fourth-order valence-electron chi connectivity index (χ4n) is 5.43. The van der Waals surface area contributed by atoms with Gasteiger partial charge >= 0.3 is 5.97 Å². The topological polar surface area (TPSA) is 165 Å². The molecule has 3 amide bonds. The maximum atomic E-state index is 13.7. The molecule has 1 aliphatic rings. The fraction of sp³-hybridized carbons (Fsp3) is 0.243. The van der Waals surface area contributed by atoms with E-state index in [0.29, 0.717) is 22.4 Å². The predicted molar refractivity (Wildman–Crippen MR) is 185 cm³/mol. The average molecular weight is 721 g/mol. The molecule has 5 N–H and O–H groups in total. The highest BCUT2D eigenvalue weighted by molar-refractivity contribution is 8.00. The third-order valence-corrected chi connectivity index (χ3v) is 9.42. The molecule has 11 nitrogen and oxygen atoms in total. The van der Waals surface area contributed by atoms with Gasteiger partial charge in [0.05, 0.1) is 18.8 Å². The summed E-state index contributed by atoms with van der Waals surface area (Å²) in [4.78, 5) is 52.3. The number of nitrogens with one attached hydrogen (secondary N) is 2. The van der Waals surface area contributed by atoms with Crippen LogP contribution in [0.2, 0.25) is 1.41 Å². The maximum absolute atomic E-state index is 13.7. The Kier molecular flexibility index (Phi) is 11.9. The zero-order valence-electron chi connectivity index (χ0n) is 28.0. The summed E-state index contributed by atoms with van der Waals surface area (Å²) in [7, 11) is 0. The van der Waals surface area contributed by atoms with Crippen molar-refractivity contribution in [3.8, 4) is 5.75 Å². The van der Waals surface area contributed by atoms with Crippen LogP contribution in [0.15, 0.2) is 103 Å². The largest absolute Gasteiger partial charge is 0.484 e. The van der Waals surface area contributed by atoms with Crippen molar-refractivity contribution < 1.29 is 49.4 Å². The van der Waals surface area contributed by atoms with Gasteiger partial charge in [-0.25, -0.2) is 13.6 Å². The number of aliphatic hydroxyl groups is 2. The quantitative estimate of drug-likeness (QED) is 0.109. The molecule has 14 heteroatoms. The lowest BCUT2D eigenvalue weighted by molar-refractivity contribution is -0.142. The molecule has 0 bridgehead atoms. The van der Waals surface area contributed by atoms with E-state index < -0.39 is 72.1 Å².